The van der Waals surface area contributed by atoms with Crippen molar-refractivity contribution in [2.75, 3.05) is 13.2 Å². The fourth-order valence-electron chi connectivity index (χ4n) is 2.48. The average molecular weight is 350 g/mol. The molecule has 2 rings (SSSR count). The summed E-state index contributed by atoms with van der Waals surface area (Å²) in [5.41, 5.74) is 1.81. The second kappa shape index (κ2) is 9.40. The summed E-state index contributed by atoms with van der Waals surface area (Å²) >= 11 is 5.95. The third-order valence-electron chi connectivity index (χ3n) is 3.60. The lowest BCUT2D eigenvalue weighted by molar-refractivity contribution is -0.143. The van der Waals surface area contributed by atoms with Gasteiger partial charge in [0.05, 0.1) is 12.6 Å². The standard InChI is InChI=1S/C19H21ClFNO2/c1-2-24-18(23)7-4-12-22-19(14-8-10-16(20)11-9-14)15-5-3-6-17(21)13-15/h3,5-6,8-11,13,19,22H,2,4,7,12H2,1H3. The lowest BCUT2D eigenvalue weighted by Crippen LogP contribution is -2.24. The van der Waals surface area contributed by atoms with Crippen molar-refractivity contribution in [2.45, 2.75) is 25.8 Å². The van der Waals surface area contributed by atoms with Crippen molar-refractivity contribution in [2.24, 2.45) is 0 Å². The van der Waals surface area contributed by atoms with E-state index in [1.54, 1.807) is 13.0 Å². The third-order valence-corrected chi connectivity index (χ3v) is 3.85. The minimum atomic E-state index is -0.278. The van der Waals surface area contributed by atoms with Crippen LogP contribution in [0.1, 0.15) is 36.9 Å². The van der Waals surface area contributed by atoms with Gasteiger partial charge in [-0.2, -0.15) is 0 Å². The Hall–Kier alpha value is -1.91. The molecule has 0 aliphatic rings. The first-order chi connectivity index (χ1) is 11.6. The largest absolute Gasteiger partial charge is 0.466 e. The lowest BCUT2D eigenvalue weighted by atomic mass is 9.98. The van der Waals surface area contributed by atoms with Crippen LogP contribution in [0.5, 0.6) is 0 Å². The molecule has 0 aliphatic heterocycles. The van der Waals surface area contributed by atoms with Gasteiger partial charge in [-0.05, 0) is 55.3 Å². The van der Waals surface area contributed by atoms with Gasteiger partial charge in [-0.3, -0.25) is 4.79 Å². The van der Waals surface area contributed by atoms with Crippen LogP contribution in [0.3, 0.4) is 0 Å². The lowest BCUT2D eigenvalue weighted by Gasteiger charge is -2.20. The fraction of sp³-hybridized carbons (Fsp3) is 0.316. The number of hydrogen-bond donors (Lipinski definition) is 1. The van der Waals surface area contributed by atoms with E-state index in [1.807, 2.05) is 30.3 Å². The molecule has 128 valence electrons. The molecular formula is C19H21ClFNO2. The maximum atomic E-state index is 13.6. The van der Waals surface area contributed by atoms with E-state index < -0.39 is 0 Å². The molecule has 3 nitrogen and oxygen atoms in total. The number of nitrogens with one attached hydrogen (secondary N) is 1. The molecule has 2 aromatic carbocycles. The Kier molecular flexibility index (Phi) is 7.22. The van der Waals surface area contributed by atoms with Gasteiger partial charge in [0.15, 0.2) is 0 Å². The van der Waals surface area contributed by atoms with Crippen LogP contribution in [-0.4, -0.2) is 19.1 Å². The zero-order valence-corrected chi connectivity index (χ0v) is 14.4. The van der Waals surface area contributed by atoms with Crippen LogP contribution >= 0.6 is 11.6 Å². The minimum absolute atomic E-state index is 0.167. The highest BCUT2D eigenvalue weighted by Crippen LogP contribution is 2.24. The number of carbonyl (C=O) groups is 1. The molecule has 5 heteroatoms. The SMILES string of the molecule is CCOC(=O)CCCNC(c1ccc(Cl)cc1)c1cccc(F)c1. The molecule has 0 bridgehead atoms. The maximum Gasteiger partial charge on any atom is 0.305 e. The molecule has 1 atom stereocenters. The highest BCUT2D eigenvalue weighted by atomic mass is 35.5. The zero-order chi connectivity index (χ0) is 17.4. The molecule has 0 spiro atoms. The highest BCUT2D eigenvalue weighted by molar-refractivity contribution is 6.30. The quantitative estimate of drug-likeness (QED) is 0.563. The predicted octanol–water partition coefficient (Wildman–Crippen LogP) is 4.50. The van der Waals surface area contributed by atoms with Crippen molar-refractivity contribution in [1.82, 2.24) is 5.32 Å². The van der Waals surface area contributed by atoms with Crippen molar-refractivity contribution in [3.8, 4) is 0 Å². The minimum Gasteiger partial charge on any atom is -0.466 e. The van der Waals surface area contributed by atoms with Gasteiger partial charge in [-0.1, -0.05) is 35.9 Å². The summed E-state index contributed by atoms with van der Waals surface area (Å²) in [6, 6.07) is 13.8. The summed E-state index contributed by atoms with van der Waals surface area (Å²) in [5, 5.41) is 4.03. The summed E-state index contributed by atoms with van der Waals surface area (Å²) in [6.07, 6.45) is 1.01. The molecule has 0 heterocycles. The van der Waals surface area contributed by atoms with Gasteiger partial charge in [-0.25, -0.2) is 4.39 Å². The maximum absolute atomic E-state index is 13.6. The first-order valence-corrected chi connectivity index (χ1v) is 8.38. The number of hydrogen-bond acceptors (Lipinski definition) is 3. The second-order valence-electron chi connectivity index (χ2n) is 5.40. The number of rotatable bonds is 8. The van der Waals surface area contributed by atoms with Gasteiger partial charge >= 0.3 is 5.97 Å². The predicted molar refractivity (Wildman–Crippen MR) is 93.6 cm³/mol. The zero-order valence-electron chi connectivity index (χ0n) is 13.6. The summed E-state index contributed by atoms with van der Waals surface area (Å²) < 4.78 is 18.5. The van der Waals surface area contributed by atoms with E-state index in [0.29, 0.717) is 31.0 Å². The van der Waals surface area contributed by atoms with E-state index in [4.69, 9.17) is 16.3 Å². The van der Waals surface area contributed by atoms with Crippen molar-refractivity contribution < 1.29 is 13.9 Å². The van der Waals surface area contributed by atoms with Crippen molar-refractivity contribution in [1.29, 1.82) is 0 Å². The fourth-order valence-corrected chi connectivity index (χ4v) is 2.61. The molecule has 24 heavy (non-hydrogen) atoms. The third kappa shape index (κ3) is 5.62. The normalized spacial score (nSPS) is 12.0. The first-order valence-electron chi connectivity index (χ1n) is 8.00. The van der Waals surface area contributed by atoms with Gasteiger partial charge in [0.2, 0.25) is 0 Å². The summed E-state index contributed by atoms with van der Waals surface area (Å²) in [6.45, 7) is 2.79. The van der Waals surface area contributed by atoms with Crippen LogP contribution in [0.25, 0.3) is 0 Å². The molecule has 0 radical (unpaired) electrons. The van der Waals surface area contributed by atoms with Crippen LogP contribution in [0.2, 0.25) is 5.02 Å². The Labute approximate surface area is 146 Å². The summed E-state index contributed by atoms with van der Waals surface area (Å²) in [7, 11) is 0. The van der Waals surface area contributed by atoms with Crippen molar-refractivity contribution in [3.63, 3.8) is 0 Å². The van der Waals surface area contributed by atoms with E-state index >= 15 is 0 Å². The number of esters is 1. The molecule has 1 N–H and O–H groups in total. The molecule has 0 saturated carbocycles. The number of halogens is 2. The number of carbonyl (C=O) groups excluding carboxylic acids is 1. The van der Waals surface area contributed by atoms with E-state index in [1.165, 1.54) is 12.1 Å². The summed E-state index contributed by atoms with van der Waals surface area (Å²) in [4.78, 5) is 11.4. The van der Waals surface area contributed by atoms with Crippen LogP contribution in [0.4, 0.5) is 4.39 Å². The van der Waals surface area contributed by atoms with Gasteiger partial charge < -0.3 is 10.1 Å². The van der Waals surface area contributed by atoms with Crippen molar-refractivity contribution in [3.05, 3.63) is 70.5 Å². The van der Waals surface area contributed by atoms with E-state index in [9.17, 15) is 9.18 Å². The molecule has 0 fully saturated rings. The summed E-state index contributed by atoms with van der Waals surface area (Å²) in [5.74, 6) is -0.479. The van der Waals surface area contributed by atoms with E-state index in [-0.39, 0.29) is 17.8 Å². The van der Waals surface area contributed by atoms with Crippen LogP contribution in [-0.2, 0) is 9.53 Å². The topological polar surface area (TPSA) is 38.3 Å². The van der Waals surface area contributed by atoms with Crippen LogP contribution in [0, 0.1) is 5.82 Å². The molecular weight excluding hydrogens is 329 g/mol. The molecule has 0 amide bonds. The van der Waals surface area contributed by atoms with E-state index in [0.717, 1.165) is 11.1 Å². The van der Waals surface area contributed by atoms with Gasteiger partial charge in [0.1, 0.15) is 5.82 Å². The first kappa shape index (κ1) is 18.4. The van der Waals surface area contributed by atoms with Gasteiger partial charge in [-0.15, -0.1) is 0 Å². The smallest absolute Gasteiger partial charge is 0.305 e. The second-order valence-corrected chi connectivity index (χ2v) is 5.84. The molecule has 0 saturated heterocycles. The number of ether oxygens (including phenoxy) is 1. The van der Waals surface area contributed by atoms with Crippen LogP contribution < -0.4 is 5.32 Å². The monoisotopic (exact) mass is 349 g/mol. The molecule has 2 aromatic rings. The Morgan fingerprint density at radius 3 is 2.62 bits per heavy atom. The molecule has 0 aromatic heterocycles. The van der Waals surface area contributed by atoms with E-state index in [2.05, 4.69) is 5.32 Å². The van der Waals surface area contributed by atoms with Crippen LogP contribution in [0.15, 0.2) is 48.5 Å². The van der Waals surface area contributed by atoms with Crippen molar-refractivity contribution >= 4 is 17.6 Å². The van der Waals surface area contributed by atoms with Gasteiger partial charge in [0.25, 0.3) is 0 Å². The average Bonchev–Trinajstić information content (AvgIpc) is 2.56. The Morgan fingerprint density at radius 1 is 1.21 bits per heavy atom. The Balaban J connectivity index is 2.06. The Morgan fingerprint density at radius 2 is 1.96 bits per heavy atom. The molecule has 1 unspecified atom stereocenters. The number of benzene rings is 2. The van der Waals surface area contributed by atoms with Gasteiger partial charge in [0, 0.05) is 11.4 Å². The molecule has 0 aliphatic carbocycles. The Bertz CT molecular complexity index is 661. The highest BCUT2D eigenvalue weighted by Gasteiger charge is 2.14.